The number of H-pyrrole nitrogens is 1. The van der Waals surface area contributed by atoms with E-state index in [1.54, 1.807) is 0 Å². The third kappa shape index (κ3) is 1.63. The van der Waals surface area contributed by atoms with E-state index in [4.69, 9.17) is 6.42 Å². The molecule has 2 heteroatoms. The van der Waals surface area contributed by atoms with Gasteiger partial charge in [0.2, 0.25) is 0 Å². The summed E-state index contributed by atoms with van der Waals surface area (Å²) in [6.07, 6.45) is 6.74. The Morgan fingerprint density at radius 1 is 1.80 bits per heavy atom. The van der Waals surface area contributed by atoms with Gasteiger partial charge in [-0.1, -0.05) is 0 Å². The topological polar surface area (TPSA) is 28.7 Å². The number of hydrogen-bond acceptors (Lipinski definition) is 1. The van der Waals surface area contributed by atoms with Crippen molar-refractivity contribution in [2.45, 2.75) is 19.8 Å². The second-order valence-corrected chi connectivity index (χ2v) is 2.25. The van der Waals surface area contributed by atoms with Gasteiger partial charge in [-0.15, -0.1) is 12.3 Å². The van der Waals surface area contributed by atoms with Crippen molar-refractivity contribution in [1.29, 1.82) is 0 Å². The van der Waals surface area contributed by atoms with Crippen LogP contribution in [0.1, 0.15) is 17.8 Å². The standard InChI is InChI=1S/C8H10N2/c1-3-4-5-8-6-7(2)9-10-8/h1,6H,4-5H2,2H3,(H,9,10). The Kier molecular flexibility index (Phi) is 2.11. The molecule has 0 aliphatic carbocycles. The third-order valence-corrected chi connectivity index (χ3v) is 1.28. The minimum absolute atomic E-state index is 0.768. The molecule has 0 radical (unpaired) electrons. The molecule has 0 saturated carbocycles. The molecule has 0 aliphatic heterocycles. The van der Waals surface area contributed by atoms with Crippen LogP contribution in [0.5, 0.6) is 0 Å². The molecule has 52 valence electrons. The number of aromatic nitrogens is 2. The third-order valence-electron chi connectivity index (χ3n) is 1.28. The molecule has 0 unspecified atom stereocenters. The van der Waals surface area contributed by atoms with E-state index < -0.39 is 0 Å². The summed E-state index contributed by atoms with van der Waals surface area (Å²) in [5, 5.41) is 6.89. The molecule has 1 aromatic rings. The molecule has 0 amide bonds. The van der Waals surface area contributed by atoms with Crippen molar-refractivity contribution in [3.05, 3.63) is 17.5 Å². The normalized spacial score (nSPS) is 9.20. The van der Waals surface area contributed by atoms with Gasteiger partial charge in [-0.2, -0.15) is 5.10 Å². The van der Waals surface area contributed by atoms with Crippen molar-refractivity contribution in [3.63, 3.8) is 0 Å². The highest BCUT2D eigenvalue weighted by Gasteiger charge is 1.94. The number of terminal acetylenes is 1. The number of aryl methyl sites for hydroxylation is 2. The molecule has 0 atom stereocenters. The highest BCUT2D eigenvalue weighted by atomic mass is 15.1. The Balaban J connectivity index is 2.52. The predicted molar refractivity (Wildman–Crippen MR) is 40.5 cm³/mol. The minimum Gasteiger partial charge on any atom is -0.283 e. The van der Waals surface area contributed by atoms with E-state index in [-0.39, 0.29) is 0 Å². The van der Waals surface area contributed by atoms with Crippen molar-refractivity contribution in [3.8, 4) is 12.3 Å². The highest BCUT2D eigenvalue weighted by molar-refractivity contribution is 5.08. The van der Waals surface area contributed by atoms with Gasteiger partial charge in [-0.25, -0.2) is 0 Å². The Hall–Kier alpha value is -1.23. The van der Waals surface area contributed by atoms with Crippen LogP contribution in [0.15, 0.2) is 6.07 Å². The van der Waals surface area contributed by atoms with Gasteiger partial charge in [-0.3, -0.25) is 5.10 Å². The van der Waals surface area contributed by atoms with Crippen LogP contribution >= 0.6 is 0 Å². The summed E-state index contributed by atoms with van der Waals surface area (Å²) in [6.45, 7) is 1.98. The smallest absolute Gasteiger partial charge is 0.0634 e. The summed E-state index contributed by atoms with van der Waals surface area (Å²) < 4.78 is 0. The maximum Gasteiger partial charge on any atom is 0.0634 e. The molecule has 10 heavy (non-hydrogen) atoms. The van der Waals surface area contributed by atoms with E-state index in [1.165, 1.54) is 0 Å². The fourth-order valence-electron chi connectivity index (χ4n) is 0.803. The molecular weight excluding hydrogens is 124 g/mol. The summed E-state index contributed by atoms with van der Waals surface area (Å²) in [5.74, 6) is 2.57. The van der Waals surface area contributed by atoms with Gasteiger partial charge in [-0.05, 0) is 13.0 Å². The Bertz CT molecular complexity index is 242. The Labute approximate surface area is 60.7 Å². The van der Waals surface area contributed by atoms with Crippen LogP contribution < -0.4 is 0 Å². The molecule has 0 aliphatic rings. The molecule has 1 aromatic heterocycles. The summed E-state index contributed by atoms with van der Waals surface area (Å²) in [4.78, 5) is 0. The first-order valence-corrected chi connectivity index (χ1v) is 3.27. The van der Waals surface area contributed by atoms with Gasteiger partial charge in [0.1, 0.15) is 0 Å². The molecule has 0 aromatic carbocycles. The lowest BCUT2D eigenvalue weighted by Crippen LogP contribution is -1.82. The van der Waals surface area contributed by atoms with Crippen LogP contribution in [0.3, 0.4) is 0 Å². The van der Waals surface area contributed by atoms with E-state index in [9.17, 15) is 0 Å². The molecule has 1 heterocycles. The van der Waals surface area contributed by atoms with E-state index in [1.807, 2.05) is 13.0 Å². The number of aromatic amines is 1. The average Bonchev–Trinajstić information content (AvgIpc) is 2.31. The molecule has 0 spiro atoms. The van der Waals surface area contributed by atoms with Crippen molar-refractivity contribution in [1.82, 2.24) is 10.2 Å². The summed E-state index contributed by atoms with van der Waals surface area (Å²) in [7, 11) is 0. The van der Waals surface area contributed by atoms with Gasteiger partial charge in [0.15, 0.2) is 0 Å². The summed E-state index contributed by atoms with van der Waals surface area (Å²) in [5.41, 5.74) is 2.14. The minimum atomic E-state index is 0.768. The van der Waals surface area contributed by atoms with Gasteiger partial charge in [0.25, 0.3) is 0 Å². The van der Waals surface area contributed by atoms with Gasteiger partial charge < -0.3 is 0 Å². The predicted octanol–water partition coefficient (Wildman–Crippen LogP) is 1.28. The quantitative estimate of drug-likeness (QED) is 0.606. The first-order valence-electron chi connectivity index (χ1n) is 3.27. The van der Waals surface area contributed by atoms with Crippen molar-refractivity contribution >= 4 is 0 Å². The first-order chi connectivity index (χ1) is 4.83. The fraction of sp³-hybridized carbons (Fsp3) is 0.375. The first kappa shape index (κ1) is 6.88. The average molecular weight is 134 g/mol. The lowest BCUT2D eigenvalue weighted by molar-refractivity contribution is 0.923. The fourth-order valence-corrected chi connectivity index (χ4v) is 0.803. The molecule has 1 N–H and O–H groups in total. The largest absolute Gasteiger partial charge is 0.283 e. The lowest BCUT2D eigenvalue weighted by Gasteiger charge is -1.84. The van der Waals surface area contributed by atoms with E-state index in [0.29, 0.717) is 0 Å². The van der Waals surface area contributed by atoms with Crippen LogP contribution in [0.2, 0.25) is 0 Å². The van der Waals surface area contributed by atoms with Crippen molar-refractivity contribution < 1.29 is 0 Å². The molecule has 0 fully saturated rings. The van der Waals surface area contributed by atoms with Crippen molar-refractivity contribution in [2.75, 3.05) is 0 Å². The maximum absolute atomic E-state index is 5.10. The second-order valence-electron chi connectivity index (χ2n) is 2.25. The SMILES string of the molecule is C#CCCc1cc(C)[nH]n1. The summed E-state index contributed by atoms with van der Waals surface area (Å²) >= 11 is 0. The van der Waals surface area contributed by atoms with Gasteiger partial charge in [0.05, 0.1) is 5.69 Å². The lowest BCUT2D eigenvalue weighted by atomic mass is 10.2. The second kappa shape index (κ2) is 3.07. The van der Waals surface area contributed by atoms with E-state index >= 15 is 0 Å². The molecular formula is C8H10N2. The zero-order valence-corrected chi connectivity index (χ0v) is 6.02. The number of nitrogens with one attached hydrogen (secondary N) is 1. The van der Waals surface area contributed by atoms with Crippen LogP contribution in [0, 0.1) is 19.3 Å². The number of hydrogen-bond donors (Lipinski definition) is 1. The van der Waals surface area contributed by atoms with Crippen LogP contribution in [-0.4, -0.2) is 10.2 Å². The Morgan fingerprint density at radius 3 is 3.10 bits per heavy atom. The zero-order chi connectivity index (χ0) is 7.40. The molecule has 2 nitrogen and oxygen atoms in total. The monoisotopic (exact) mass is 134 g/mol. The highest BCUT2D eigenvalue weighted by Crippen LogP contribution is 1.99. The molecule has 0 saturated heterocycles. The maximum atomic E-state index is 5.10. The van der Waals surface area contributed by atoms with Crippen molar-refractivity contribution in [2.24, 2.45) is 0 Å². The number of nitrogens with zero attached hydrogens (tertiary/aromatic N) is 1. The summed E-state index contributed by atoms with van der Waals surface area (Å²) in [6, 6.07) is 2.01. The molecule has 1 rings (SSSR count). The van der Waals surface area contributed by atoms with Gasteiger partial charge >= 0.3 is 0 Å². The molecule has 0 bridgehead atoms. The van der Waals surface area contributed by atoms with Crippen LogP contribution in [-0.2, 0) is 6.42 Å². The van der Waals surface area contributed by atoms with Crippen LogP contribution in [0.4, 0.5) is 0 Å². The van der Waals surface area contributed by atoms with Gasteiger partial charge in [0, 0.05) is 18.5 Å². The number of rotatable bonds is 2. The Morgan fingerprint density at radius 2 is 2.60 bits per heavy atom. The zero-order valence-electron chi connectivity index (χ0n) is 6.02. The van der Waals surface area contributed by atoms with E-state index in [2.05, 4.69) is 16.1 Å². The van der Waals surface area contributed by atoms with E-state index in [0.717, 1.165) is 24.2 Å². The van der Waals surface area contributed by atoms with Crippen LogP contribution in [0.25, 0.3) is 0 Å².